The first-order valence-electron chi connectivity index (χ1n) is 7.04. The van der Waals surface area contributed by atoms with Crippen LogP contribution >= 0.6 is 35.1 Å². The SMILES string of the molecule is CN1CCNCC1c1noc(-c2cnc(-c3ccsc3)s2)n1.Cl. The molecule has 3 aromatic rings. The highest BCUT2D eigenvalue weighted by Crippen LogP contribution is 2.32. The van der Waals surface area contributed by atoms with Gasteiger partial charge in [0, 0.05) is 30.6 Å². The van der Waals surface area contributed by atoms with E-state index in [2.05, 4.69) is 43.8 Å². The standard InChI is InChI=1S/C14H15N5OS2.ClH/c1-19-4-3-15-6-10(19)12-17-13(20-18-12)11-7-16-14(22-11)9-2-5-21-8-9;/h2,5,7-8,10,15H,3-4,6H2,1H3;1H. The van der Waals surface area contributed by atoms with Crippen LogP contribution in [0.1, 0.15) is 11.9 Å². The Morgan fingerprint density at radius 2 is 2.35 bits per heavy atom. The van der Waals surface area contributed by atoms with Crippen LogP contribution in [0.2, 0.25) is 0 Å². The van der Waals surface area contributed by atoms with E-state index < -0.39 is 0 Å². The summed E-state index contributed by atoms with van der Waals surface area (Å²) in [6, 6.07) is 2.23. The molecule has 1 aliphatic heterocycles. The van der Waals surface area contributed by atoms with Gasteiger partial charge in [0.05, 0.1) is 12.2 Å². The fourth-order valence-electron chi connectivity index (χ4n) is 2.46. The minimum atomic E-state index is 0. The van der Waals surface area contributed by atoms with Gasteiger partial charge in [-0.2, -0.15) is 16.3 Å². The zero-order valence-corrected chi connectivity index (χ0v) is 14.9. The zero-order valence-electron chi connectivity index (χ0n) is 12.4. The summed E-state index contributed by atoms with van der Waals surface area (Å²) in [5.74, 6) is 1.28. The predicted octanol–water partition coefficient (Wildman–Crippen LogP) is 2.92. The lowest BCUT2D eigenvalue weighted by atomic mass is 10.2. The second-order valence-corrected chi connectivity index (χ2v) is 7.01. The number of likely N-dealkylation sites (N-methyl/N-ethyl adjacent to an activating group) is 1. The fraction of sp³-hybridized carbons (Fsp3) is 0.357. The number of nitrogens with zero attached hydrogens (tertiary/aromatic N) is 4. The van der Waals surface area contributed by atoms with Gasteiger partial charge in [0.1, 0.15) is 9.88 Å². The van der Waals surface area contributed by atoms with Crippen LogP contribution < -0.4 is 5.32 Å². The third kappa shape index (κ3) is 3.31. The number of thiazole rings is 1. The first-order chi connectivity index (χ1) is 10.8. The van der Waals surface area contributed by atoms with Crippen molar-refractivity contribution in [2.45, 2.75) is 6.04 Å². The number of nitrogens with one attached hydrogen (secondary N) is 1. The molecule has 0 saturated carbocycles. The molecule has 1 aliphatic rings. The summed E-state index contributed by atoms with van der Waals surface area (Å²) >= 11 is 3.24. The molecule has 9 heteroatoms. The van der Waals surface area contributed by atoms with E-state index >= 15 is 0 Å². The molecule has 23 heavy (non-hydrogen) atoms. The summed E-state index contributed by atoms with van der Waals surface area (Å²) in [4.78, 5) is 12.2. The quantitative estimate of drug-likeness (QED) is 0.765. The first kappa shape index (κ1) is 16.5. The van der Waals surface area contributed by atoms with Gasteiger partial charge < -0.3 is 9.84 Å². The molecule has 0 amide bonds. The van der Waals surface area contributed by atoms with E-state index in [1.165, 1.54) is 0 Å². The molecule has 122 valence electrons. The summed E-state index contributed by atoms with van der Waals surface area (Å²) in [5, 5.41) is 12.6. The third-order valence-corrected chi connectivity index (χ3v) is 5.45. The minimum absolute atomic E-state index is 0. The van der Waals surface area contributed by atoms with Gasteiger partial charge in [0.25, 0.3) is 5.89 Å². The van der Waals surface area contributed by atoms with Crippen molar-refractivity contribution in [3.63, 3.8) is 0 Å². The molecular weight excluding hydrogens is 354 g/mol. The van der Waals surface area contributed by atoms with Crippen LogP contribution in [0.3, 0.4) is 0 Å². The van der Waals surface area contributed by atoms with E-state index in [0.29, 0.717) is 5.89 Å². The Kier molecular flexibility index (Phi) is 5.08. The zero-order chi connectivity index (χ0) is 14.9. The second kappa shape index (κ2) is 7.06. The summed E-state index contributed by atoms with van der Waals surface area (Å²) in [7, 11) is 2.09. The van der Waals surface area contributed by atoms with Crippen LogP contribution in [0.4, 0.5) is 0 Å². The predicted molar refractivity (Wildman–Crippen MR) is 94.2 cm³/mol. The van der Waals surface area contributed by atoms with E-state index in [1.807, 2.05) is 5.38 Å². The third-order valence-electron chi connectivity index (χ3n) is 3.74. The van der Waals surface area contributed by atoms with Gasteiger partial charge in [-0.3, -0.25) is 4.90 Å². The van der Waals surface area contributed by atoms with Crippen molar-refractivity contribution in [1.82, 2.24) is 25.3 Å². The number of rotatable bonds is 3. The van der Waals surface area contributed by atoms with Crippen molar-refractivity contribution in [1.29, 1.82) is 0 Å². The van der Waals surface area contributed by atoms with Crippen LogP contribution in [-0.4, -0.2) is 46.7 Å². The molecule has 1 atom stereocenters. The average Bonchev–Trinajstić information content (AvgIpc) is 3.27. The van der Waals surface area contributed by atoms with Gasteiger partial charge in [-0.1, -0.05) is 5.16 Å². The van der Waals surface area contributed by atoms with Crippen LogP contribution in [0.5, 0.6) is 0 Å². The fourth-order valence-corrected chi connectivity index (χ4v) is 4.01. The molecule has 1 N–H and O–H groups in total. The molecule has 0 radical (unpaired) electrons. The van der Waals surface area contributed by atoms with Crippen molar-refractivity contribution in [3.05, 3.63) is 28.8 Å². The first-order valence-corrected chi connectivity index (χ1v) is 8.80. The molecule has 1 saturated heterocycles. The number of hydrogen-bond acceptors (Lipinski definition) is 8. The lowest BCUT2D eigenvalue weighted by molar-refractivity contribution is 0.190. The van der Waals surface area contributed by atoms with Crippen molar-refractivity contribution in [2.24, 2.45) is 0 Å². The highest BCUT2D eigenvalue weighted by Gasteiger charge is 2.26. The molecule has 0 spiro atoms. The largest absolute Gasteiger partial charge is 0.333 e. The van der Waals surface area contributed by atoms with E-state index in [-0.39, 0.29) is 18.4 Å². The average molecular weight is 370 g/mol. The van der Waals surface area contributed by atoms with E-state index in [4.69, 9.17) is 4.52 Å². The van der Waals surface area contributed by atoms with E-state index in [0.717, 1.165) is 40.9 Å². The number of piperazine rings is 1. The van der Waals surface area contributed by atoms with Gasteiger partial charge in [0.2, 0.25) is 0 Å². The van der Waals surface area contributed by atoms with Gasteiger partial charge in [0.15, 0.2) is 5.82 Å². The maximum Gasteiger partial charge on any atom is 0.269 e. The van der Waals surface area contributed by atoms with Gasteiger partial charge in [-0.15, -0.1) is 23.7 Å². The molecule has 6 nitrogen and oxygen atoms in total. The summed E-state index contributed by atoms with van der Waals surface area (Å²) in [6.07, 6.45) is 1.80. The monoisotopic (exact) mass is 369 g/mol. The number of hydrogen-bond donors (Lipinski definition) is 1. The van der Waals surface area contributed by atoms with Crippen LogP contribution in [0.25, 0.3) is 21.3 Å². The van der Waals surface area contributed by atoms with Crippen molar-refractivity contribution < 1.29 is 4.52 Å². The van der Waals surface area contributed by atoms with Crippen LogP contribution in [0.15, 0.2) is 27.5 Å². The van der Waals surface area contributed by atoms with Crippen LogP contribution in [0, 0.1) is 0 Å². The Balaban J connectivity index is 0.00000156. The number of aromatic nitrogens is 3. The molecule has 0 aliphatic carbocycles. The van der Waals surface area contributed by atoms with E-state index in [1.54, 1.807) is 28.9 Å². The molecule has 4 rings (SSSR count). The normalized spacial score (nSPS) is 18.7. The Morgan fingerprint density at radius 3 is 3.13 bits per heavy atom. The smallest absolute Gasteiger partial charge is 0.269 e. The highest BCUT2D eigenvalue weighted by atomic mass is 35.5. The maximum atomic E-state index is 5.44. The topological polar surface area (TPSA) is 67.1 Å². The van der Waals surface area contributed by atoms with Gasteiger partial charge >= 0.3 is 0 Å². The molecule has 1 fully saturated rings. The van der Waals surface area contributed by atoms with E-state index in [9.17, 15) is 0 Å². The molecule has 0 aromatic carbocycles. The Hall–Kier alpha value is -1.32. The number of thiophene rings is 1. The van der Waals surface area contributed by atoms with Crippen LogP contribution in [-0.2, 0) is 0 Å². The minimum Gasteiger partial charge on any atom is -0.333 e. The summed E-state index contributed by atoms with van der Waals surface area (Å²) in [6.45, 7) is 2.83. The Morgan fingerprint density at radius 1 is 1.43 bits per heavy atom. The summed E-state index contributed by atoms with van der Waals surface area (Å²) in [5.41, 5.74) is 1.14. The van der Waals surface area contributed by atoms with Gasteiger partial charge in [-0.25, -0.2) is 4.98 Å². The Labute approximate surface area is 148 Å². The molecular formula is C14H16ClN5OS2. The van der Waals surface area contributed by atoms with Crippen molar-refractivity contribution in [3.8, 4) is 21.3 Å². The lowest BCUT2D eigenvalue weighted by Crippen LogP contribution is -2.44. The Bertz CT molecular complexity index is 757. The van der Waals surface area contributed by atoms with Crippen molar-refractivity contribution >= 4 is 35.1 Å². The highest BCUT2D eigenvalue weighted by molar-refractivity contribution is 7.18. The molecule has 1 unspecified atom stereocenters. The van der Waals surface area contributed by atoms with Crippen molar-refractivity contribution in [2.75, 3.05) is 26.7 Å². The second-order valence-electron chi connectivity index (χ2n) is 5.20. The molecule has 3 aromatic heterocycles. The number of halogens is 1. The molecule has 4 heterocycles. The lowest BCUT2D eigenvalue weighted by Gasteiger charge is -2.30. The summed E-state index contributed by atoms with van der Waals surface area (Å²) < 4.78 is 5.44. The van der Waals surface area contributed by atoms with Gasteiger partial charge in [-0.05, 0) is 18.5 Å². The molecule has 0 bridgehead atoms. The maximum absolute atomic E-state index is 5.44.